The zero-order chi connectivity index (χ0) is 17.8. The van der Waals surface area contributed by atoms with Gasteiger partial charge >= 0.3 is 18.1 Å². The summed E-state index contributed by atoms with van der Waals surface area (Å²) in [7, 11) is 0. The van der Waals surface area contributed by atoms with Crippen LogP contribution in [0, 0.1) is 0 Å². The fourth-order valence-electron chi connectivity index (χ4n) is 1.74. The predicted octanol–water partition coefficient (Wildman–Crippen LogP) is 3.19. The second-order valence-electron chi connectivity index (χ2n) is 4.82. The lowest BCUT2D eigenvalue weighted by Gasteiger charge is -2.06. The Hall–Kier alpha value is -2.83. The molecule has 0 heterocycles. The van der Waals surface area contributed by atoms with Crippen molar-refractivity contribution < 1.29 is 33.7 Å². The standard InChI is InChI=1S/C17H20O7/c1-2-15(18)22-11-5-3-4-6-12-23-17(21)24-14-9-7-13(8-10-14)16(19)20/h2,7-10H,1,3-6,11-12H2,(H,19,20). The number of hydrogen-bond acceptors (Lipinski definition) is 6. The van der Waals surface area contributed by atoms with Crippen molar-refractivity contribution in [1.82, 2.24) is 0 Å². The van der Waals surface area contributed by atoms with Gasteiger partial charge in [0.2, 0.25) is 0 Å². The van der Waals surface area contributed by atoms with E-state index in [0.29, 0.717) is 13.0 Å². The molecular formula is C17H20O7. The fraction of sp³-hybridized carbons (Fsp3) is 0.353. The summed E-state index contributed by atoms with van der Waals surface area (Å²) in [6.45, 7) is 3.87. The summed E-state index contributed by atoms with van der Waals surface area (Å²) in [4.78, 5) is 32.9. The van der Waals surface area contributed by atoms with Gasteiger partial charge in [-0.05, 0) is 49.9 Å². The maximum atomic E-state index is 11.4. The van der Waals surface area contributed by atoms with Gasteiger partial charge in [0.25, 0.3) is 0 Å². The second-order valence-corrected chi connectivity index (χ2v) is 4.82. The number of rotatable bonds is 10. The van der Waals surface area contributed by atoms with E-state index < -0.39 is 18.1 Å². The van der Waals surface area contributed by atoms with E-state index in [1.807, 2.05) is 0 Å². The first kappa shape index (κ1) is 19.2. The van der Waals surface area contributed by atoms with Crippen LogP contribution < -0.4 is 4.74 Å². The average Bonchev–Trinajstić information content (AvgIpc) is 2.57. The maximum absolute atomic E-state index is 11.4. The van der Waals surface area contributed by atoms with E-state index in [0.717, 1.165) is 25.3 Å². The van der Waals surface area contributed by atoms with Crippen LogP contribution in [0.15, 0.2) is 36.9 Å². The molecule has 0 aliphatic heterocycles. The third kappa shape index (κ3) is 7.98. The predicted molar refractivity (Wildman–Crippen MR) is 85.0 cm³/mol. The van der Waals surface area contributed by atoms with Crippen LogP contribution in [0.1, 0.15) is 36.0 Å². The van der Waals surface area contributed by atoms with Crippen LogP contribution in [0.3, 0.4) is 0 Å². The highest BCUT2D eigenvalue weighted by atomic mass is 16.7. The van der Waals surface area contributed by atoms with Gasteiger partial charge in [0.15, 0.2) is 0 Å². The molecule has 0 aliphatic rings. The van der Waals surface area contributed by atoms with Crippen LogP contribution in [-0.2, 0) is 14.3 Å². The van der Waals surface area contributed by atoms with E-state index in [1.54, 1.807) is 0 Å². The first-order valence-electron chi connectivity index (χ1n) is 7.50. The molecule has 0 radical (unpaired) electrons. The topological polar surface area (TPSA) is 99.1 Å². The van der Waals surface area contributed by atoms with E-state index in [4.69, 9.17) is 19.3 Å². The second kappa shape index (κ2) is 10.8. The van der Waals surface area contributed by atoms with E-state index in [2.05, 4.69) is 6.58 Å². The molecule has 1 aromatic carbocycles. The van der Waals surface area contributed by atoms with Crippen molar-refractivity contribution in [2.75, 3.05) is 13.2 Å². The average molecular weight is 336 g/mol. The minimum Gasteiger partial charge on any atom is -0.478 e. The lowest BCUT2D eigenvalue weighted by atomic mass is 10.2. The summed E-state index contributed by atoms with van der Waals surface area (Å²) in [5, 5.41) is 8.76. The molecular weight excluding hydrogens is 316 g/mol. The van der Waals surface area contributed by atoms with Crippen LogP contribution in [0.25, 0.3) is 0 Å². The van der Waals surface area contributed by atoms with E-state index in [9.17, 15) is 14.4 Å². The minimum absolute atomic E-state index is 0.106. The largest absolute Gasteiger partial charge is 0.513 e. The SMILES string of the molecule is C=CC(=O)OCCCCCCOC(=O)Oc1ccc(C(=O)O)cc1. The number of unbranched alkanes of at least 4 members (excludes halogenated alkanes) is 3. The number of benzene rings is 1. The lowest BCUT2D eigenvalue weighted by Crippen LogP contribution is -2.11. The van der Waals surface area contributed by atoms with Gasteiger partial charge in [-0.2, -0.15) is 0 Å². The number of carbonyl (C=O) groups excluding carboxylic acids is 2. The quantitative estimate of drug-likeness (QED) is 0.303. The zero-order valence-electron chi connectivity index (χ0n) is 13.2. The van der Waals surface area contributed by atoms with Crippen molar-refractivity contribution in [2.45, 2.75) is 25.7 Å². The molecule has 0 aliphatic carbocycles. The minimum atomic E-state index is -1.05. The van der Waals surface area contributed by atoms with Gasteiger partial charge in [-0.25, -0.2) is 14.4 Å². The number of hydrogen-bond donors (Lipinski definition) is 1. The lowest BCUT2D eigenvalue weighted by molar-refractivity contribution is -0.137. The fourth-order valence-corrected chi connectivity index (χ4v) is 1.74. The molecule has 7 nitrogen and oxygen atoms in total. The Morgan fingerprint density at radius 2 is 1.54 bits per heavy atom. The summed E-state index contributed by atoms with van der Waals surface area (Å²) in [5.41, 5.74) is 0.106. The molecule has 1 aromatic rings. The molecule has 1 rings (SSSR count). The van der Waals surface area contributed by atoms with Gasteiger partial charge in [0, 0.05) is 6.08 Å². The molecule has 0 bridgehead atoms. The molecule has 130 valence electrons. The highest BCUT2D eigenvalue weighted by Crippen LogP contribution is 2.13. The molecule has 7 heteroatoms. The normalized spacial score (nSPS) is 9.83. The van der Waals surface area contributed by atoms with Gasteiger partial charge in [-0.15, -0.1) is 0 Å². The third-order valence-electron chi connectivity index (χ3n) is 2.97. The number of carboxylic acid groups (broad SMARTS) is 1. The van der Waals surface area contributed by atoms with Crippen molar-refractivity contribution in [3.05, 3.63) is 42.5 Å². The maximum Gasteiger partial charge on any atom is 0.513 e. The number of ether oxygens (including phenoxy) is 3. The molecule has 24 heavy (non-hydrogen) atoms. The molecule has 1 N–H and O–H groups in total. The van der Waals surface area contributed by atoms with Gasteiger partial charge in [0.1, 0.15) is 5.75 Å². The zero-order valence-corrected chi connectivity index (χ0v) is 13.2. The van der Waals surface area contributed by atoms with Crippen molar-refractivity contribution in [1.29, 1.82) is 0 Å². The van der Waals surface area contributed by atoms with Gasteiger partial charge in [-0.1, -0.05) is 6.58 Å². The van der Waals surface area contributed by atoms with Crippen LogP contribution in [0.4, 0.5) is 4.79 Å². The summed E-state index contributed by atoms with van der Waals surface area (Å²) in [6.07, 6.45) is 3.36. The third-order valence-corrected chi connectivity index (χ3v) is 2.97. The smallest absolute Gasteiger partial charge is 0.478 e. The number of carbonyl (C=O) groups is 3. The first-order chi connectivity index (χ1) is 11.5. The molecule has 0 spiro atoms. The van der Waals surface area contributed by atoms with Crippen molar-refractivity contribution in [3.63, 3.8) is 0 Å². The van der Waals surface area contributed by atoms with Crippen molar-refractivity contribution >= 4 is 18.1 Å². The first-order valence-corrected chi connectivity index (χ1v) is 7.50. The van der Waals surface area contributed by atoms with Crippen LogP contribution in [-0.4, -0.2) is 36.4 Å². The number of carboxylic acids is 1. The Bertz CT molecular complexity index is 563. The van der Waals surface area contributed by atoms with E-state index in [-0.39, 0.29) is 17.9 Å². The summed E-state index contributed by atoms with van der Waals surface area (Å²) < 4.78 is 14.6. The Kier molecular flexibility index (Phi) is 8.67. The van der Waals surface area contributed by atoms with Crippen molar-refractivity contribution in [3.8, 4) is 5.75 Å². The summed E-state index contributed by atoms with van der Waals surface area (Å²) in [5.74, 6) is -1.27. The molecule has 0 fully saturated rings. The molecule has 0 aromatic heterocycles. The molecule has 0 unspecified atom stereocenters. The Labute approximate surface area is 139 Å². The highest BCUT2D eigenvalue weighted by molar-refractivity contribution is 5.87. The molecule has 0 saturated carbocycles. The van der Waals surface area contributed by atoms with Crippen molar-refractivity contribution in [2.24, 2.45) is 0 Å². The Balaban J connectivity index is 2.08. The Morgan fingerprint density at radius 1 is 0.958 bits per heavy atom. The highest BCUT2D eigenvalue weighted by Gasteiger charge is 2.07. The molecule has 0 amide bonds. The van der Waals surface area contributed by atoms with Crippen LogP contribution in [0.2, 0.25) is 0 Å². The summed E-state index contributed by atoms with van der Waals surface area (Å²) in [6, 6.07) is 5.44. The number of esters is 1. The monoisotopic (exact) mass is 336 g/mol. The van der Waals surface area contributed by atoms with Gasteiger partial charge in [0.05, 0.1) is 18.8 Å². The van der Waals surface area contributed by atoms with E-state index >= 15 is 0 Å². The van der Waals surface area contributed by atoms with E-state index in [1.165, 1.54) is 24.3 Å². The number of aromatic carboxylic acids is 1. The van der Waals surface area contributed by atoms with Gasteiger partial charge in [-0.3, -0.25) is 0 Å². The molecule has 0 saturated heterocycles. The Morgan fingerprint density at radius 3 is 2.08 bits per heavy atom. The summed E-state index contributed by atoms with van der Waals surface area (Å²) >= 11 is 0. The van der Waals surface area contributed by atoms with Gasteiger partial charge < -0.3 is 19.3 Å². The van der Waals surface area contributed by atoms with Crippen LogP contribution in [0.5, 0.6) is 5.75 Å². The molecule has 0 atom stereocenters. The van der Waals surface area contributed by atoms with Crippen LogP contribution >= 0.6 is 0 Å².